The number of fused-ring (bicyclic) bond motifs is 1. The van der Waals surface area contributed by atoms with Crippen LogP contribution in [0.15, 0.2) is 60.0 Å². The standard InChI is InChI=1S/C26H27ClN6O2S/c27-20-4-1-2-5-21(20)31-26(34)29-19-8-6-18(7-9-19)24-30-22-10-17-36-23(22)25(32-24)28-11-3-12-33-13-15-35-16-14-33/h1-2,4-10,17H,3,11-16H2,(H,28,30,32)(H2,29,31,34). The molecule has 0 unspecified atom stereocenters. The molecule has 3 heterocycles. The molecule has 0 saturated carbocycles. The molecule has 0 spiro atoms. The summed E-state index contributed by atoms with van der Waals surface area (Å²) in [5, 5.41) is 11.6. The molecule has 1 saturated heterocycles. The molecule has 10 heteroatoms. The molecule has 5 rings (SSSR count). The van der Waals surface area contributed by atoms with Crippen LogP contribution in [0.2, 0.25) is 5.02 Å². The van der Waals surface area contributed by atoms with Crippen LogP contribution in [0.25, 0.3) is 21.6 Å². The number of nitrogens with one attached hydrogen (secondary N) is 3. The van der Waals surface area contributed by atoms with Gasteiger partial charge in [-0.3, -0.25) is 4.90 Å². The summed E-state index contributed by atoms with van der Waals surface area (Å²) >= 11 is 7.75. The van der Waals surface area contributed by atoms with Gasteiger partial charge in [0.25, 0.3) is 0 Å². The van der Waals surface area contributed by atoms with Crippen LogP contribution in [0, 0.1) is 0 Å². The molecule has 0 bridgehead atoms. The molecule has 0 aliphatic carbocycles. The largest absolute Gasteiger partial charge is 0.379 e. The minimum Gasteiger partial charge on any atom is -0.379 e. The van der Waals surface area contributed by atoms with Crippen molar-refractivity contribution >= 4 is 56.4 Å². The Hall–Kier alpha value is -3.24. The first kappa shape index (κ1) is 24.5. The smallest absolute Gasteiger partial charge is 0.323 e. The number of amides is 2. The number of benzene rings is 2. The van der Waals surface area contributed by atoms with Crippen molar-refractivity contribution in [1.82, 2.24) is 14.9 Å². The van der Waals surface area contributed by atoms with Gasteiger partial charge in [-0.15, -0.1) is 11.3 Å². The van der Waals surface area contributed by atoms with Crippen molar-refractivity contribution in [2.24, 2.45) is 0 Å². The number of aromatic nitrogens is 2. The van der Waals surface area contributed by atoms with Crippen LogP contribution < -0.4 is 16.0 Å². The number of thiophene rings is 1. The van der Waals surface area contributed by atoms with Crippen LogP contribution in [-0.2, 0) is 4.74 Å². The van der Waals surface area contributed by atoms with Gasteiger partial charge < -0.3 is 20.7 Å². The van der Waals surface area contributed by atoms with Crippen molar-refractivity contribution in [2.75, 3.05) is 55.3 Å². The van der Waals surface area contributed by atoms with Crippen molar-refractivity contribution in [3.8, 4) is 11.4 Å². The van der Waals surface area contributed by atoms with Gasteiger partial charge in [0.1, 0.15) is 5.82 Å². The van der Waals surface area contributed by atoms with E-state index < -0.39 is 0 Å². The third-order valence-corrected chi connectivity index (χ3v) is 7.11. The topological polar surface area (TPSA) is 91.4 Å². The highest BCUT2D eigenvalue weighted by Crippen LogP contribution is 2.29. The maximum absolute atomic E-state index is 12.4. The van der Waals surface area contributed by atoms with Gasteiger partial charge in [-0.2, -0.15) is 0 Å². The summed E-state index contributed by atoms with van der Waals surface area (Å²) in [6.45, 7) is 5.51. The molecule has 1 fully saturated rings. The third kappa shape index (κ3) is 6.11. The van der Waals surface area contributed by atoms with E-state index in [-0.39, 0.29) is 6.03 Å². The van der Waals surface area contributed by atoms with Crippen LogP contribution in [0.4, 0.5) is 22.0 Å². The van der Waals surface area contributed by atoms with Gasteiger partial charge in [-0.25, -0.2) is 14.8 Å². The van der Waals surface area contributed by atoms with E-state index in [1.807, 2.05) is 47.8 Å². The number of rotatable bonds is 8. The van der Waals surface area contributed by atoms with Crippen LogP contribution in [0.1, 0.15) is 6.42 Å². The summed E-state index contributed by atoms with van der Waals surface area (Å²) in [5.74, 6) is 1.50. The minimum atomic E-state index is -0.365. The Morgan fingerprint density at radius 1 is 1.03 bits per heavy atom. The maximum Gasteiger partial charge on any atom is 0.323 e. The molecular weight excluding hydrogens is 496 g/mol. The lowest BCUT2D eigenvalue weighted by Gasteiger charge is -2.26. The highest BCUT2D eigenvalue weighted by atomic mass is 35.5. The van der Waals surface area contributed by atoms with Gasteiger partial charge in [0, 0.05) is 30.9 Å². The number of para-hydroxylation sites is 1. The number of anilines is 3. The number of hydrogen-bond donors (Lipinski definition) is 3. The second-order valence-electron chi connectivity index (χ2n) is 8.40. The highest BCUT2D eigenvalue weighted by molar-refractivity contribution is 7.17. The number of carbonyl (C=O) groups is 1. The number of nitrogens with zero attached hydrogens (tertiary/aromatic N) is 3. The number of ether oxygens (including phenoxy) is 1. The molecule has 3 N–H and O–H groups in total. The average Bonchev–Trinajstić information content (AvgIpc) is 3.38. The molecule has 8 nitrogen and oxygen atoms in total. The number of halogens is 1. The molecule has 1 aliphatic rings. The van der Waals surface area contributed by atoms with E-state index in [9.17, 15) is 4.79 Å². The summed E-state index contributed by atoms with van der Waals surface area (Å²) in [4.78, 5) is 24.4. The Labute approximate surface area is 218 Å². The van der Waals surface area contributed by atoms with Crippen LogP contribution in [0.5, 0.6) is 0 Å². The molecule has 2 aromatic carbocycles. The molecule has 0 atom stereocenters. The first-order valence-electron chi connectivity index (χ1n) is 11.9. The lowest BCUT2D eigenvalue weighted by atomic mass is 10.2. The van der Waals surface area contributed by atoms with Gasteiger partial charge in [0.2, 0.25) is 0 Å². The van der Waals surface area contributed by atoms with Crippen molar-refractivity contribution < 1.29 is 9.53 Å². The van der Waals surface area contributed by atoms with Crippen LogP contribution >= 0.6 is 22.9 Å². The Morgan fingerprint density at radius 2 is 1.83 bits per heavy atom. The molecule has 0 radical (unpaired) electrons. The van der Waals surface area contributed by atoms with Gasteiger partial charge in [-0.05, 0) is 60.8 Å². The van der Waals surface area contributed by atoms with Crippen molar-refractivity contribution in [1.29, 1.82) is 0 Å². The number of urea groups is 1. The summed E-state index contributed by atoms with van der Waals surface area (Å²) in [6, 6.07) is 16.2. The number of hydrogen-bond acceptors (Lipinski definition) is 7. The van der Waals surface area contributed by atoms with E-state index in [2.05, 4.69) is 20.9 Å². The van der Waals surface area contributed by atoms with E-state index in [0.29, 0.717) is 22.2 Å². The van der Waals surface area contributed by atoms with E-state index in [1.165, 1.54) is 0 Å². The van der Waals surface area contributed by atoms with E-state index in [0.717, 1.165) is 67.4 Å². The average molecular weight is 523 g/mol. The monoisotopic (exact) mass is 522 g/mol. The summed E-state index contributed by atoms with van der Waals surface area (Å²) in [6.07, 6.45) is 1.03. The lowest BCUT2D eigenvalue weighted by molar-refractivity contribution is 0.0378. The first-order valence-corrected chi connectivity index (χ1v) is 13.1. The minimum absolute atomic E-state index is 0.365. The zero-order valence-corrected chi connectivity index (χ0v) is 21.2. The molecule has 2 aromatic heterocycles. The van der Waals surface area contributed by atoms with Gasteiger partial charge in [0.15, 0.2) is 5.82 Å². The summed E-state index contributed by atoms with van der Waals surface area (Å²) in [7, 11) is 0. The fraction of sp³-hybridized carbons (Fsp3) is 0.269. The number of morpholine rings is 1. The molecule has 4 aromatic rings. The summed E-state index contributed by atoms with van der Waals surface area (Å²) < 4.78 is 6.48. The molecule has 2 amide bonds. The van der Waals surface area contributed by atoms with Crippen molar-refractivity contribution in [2.45, 2.75) is 6.42 Å². The molecular formula is C26H27ClN6O2S. The second kappa shape index (κ2) is 11.7. The highest BCUT2D eigenvalue weighted by Gasteiger charge is 2.13. The normalized spacial score (nSPS) is 14.0. The SMILES string of the molecule is O=C(Nc1ccc(-c2nc(NCCCN3CCOCC3)c3sccc3n2)cc1)Nc1ccccc1Cl. The van der Waals surface area contributed by atoms with E-state index >= 15 is 0 Å². The predicted molar refractivity (Wildman–Crippen MR) is 147 cm³/mol. The predicted octanol–water partition coefficient (Wildman–Crippen LogP) is 5.79. The third-order valence-electron chi connectivity index (χ3n) is 5.87. The second-order valence-corrected chi connectivity index (χ2v) is 9.72. The van der Waals surface area contributed by atoms with Crippen molar-refractivity contribution in [3.63, 3.8) is 0 Å². The van der Waals surface area contributed by atoms with Crippen molar-refractivity contribution in [3.05, 3.63) is 65.0 Å². The molecule has 1 aliphatic heterocycles. The summed E-state index contributed by atoms with van der Waals surface area (Å²) in [5.41, 5.74) is 3.00. The van der Waals surface area contributed by atoms with E-state index in [4.69, 9.17) is 26.3 Å². The molecule has 186 valence electrons. The van der Waals surface area contributed by atoms with Gasteiger partial charge in [0.05, 0.1) is 34.1 Å². The maximum atomic E-state index is 12.4. The Balaban J connectivity index is 1.23. The van der Waals surface area contributed by atoms with Gasteiger partial charge in [-0.1, -0.05) is 23.7 Å². The van der Waals surface area contributed by atoms with Gasteiger partial charge >= 0.3 is 6.03 Å². The number of carbonyl (C=O) groups excluding carboxylic acids is 1. The Morgan fingerprint density at radius 3 is 2.64 bits per heavy atom. The fourth-order valence-electron chi connectivity index (χ4n) is 4.00. The quantitative estimate of drug-likeness (QED) is 0.254. The zero-order chi connectivity index (χ0) is 24.7. The van der Waals surface area contributed by atoms with Crippen LogP contribution in [-0.4, -0.2) is 60.3 Å². The first-order chi connectivity index (χ1) is 17.7. The fourth-order valence-corrected chi connectivity index (χ4v) is 4.98. The Kier molecular flexibility index (Phi) is 7.92. The Bertz CT molecular complexity index is 1320. The van der Waals surface area contributed by atoms with Crippen LogP contribution in [0.3, 0.4) is 0 Å². The molecule has 36 heavy (non-hydrogen) atoms. The zero-order valence-electron chi connectivity index (χ0n) is 19.7. The lowest BCUT2D eigenvalue weighted by Crippen LogP contribution is -2.37. The van der Waals surface area contributed by atoms with E-state index in [1.54, 1.807) is 23.5 Å².